The predicted molar refractivity (Wildman–Crippen MR) is 75.7 cm³/mol. The molecule has 126 valence electrons. The van der Waals surface area contributed by atoms with Crippen molar-refractivity contribution in [3.05, 3.63) is 51.1 Å². The zero-order chi connectivity index (χ0) is 17.7. The van der Waals surface area contributed by atoms with Gasteiger partial charge in [-0.15, -0.1) is 11.3 Å². The normalized spacial score (nSPS) is 12.8. The first-order valence-corrected chi connectivity index (χ1v) is 7.16. The van der Waals surface area contributed by atoms with Crippen LogP contribution in [0.2, 0.25) is 0 Å². The molecule has 2 aromatic heterocycles. The molecule has 0 aliphatic heterocycles. The largest absolute Gasteiger partial charge is 0.425 e. The number of aromatic amines is 1. The maximum absolute atomic E-state index is 12.7. The molecule has 0 unspecified atom stereocenters. The van der Waals surface area contributed by atoms with Crippen molar-refractivity contribution in [2.75, 3.05) is 0 Å². The van der Waals surface area contributed by atoms with E-state index in [1.165, 1.54) is 6.07 Å². The first-order chi connectivity index (χ1) is 11.1. The zero-order valence-electron chi connectivity index (χ0n) is 11.4. The summed E-state index contributed by atoms with van der Waals surface area (Å²) in [4.78, 5) is 16.8. The number of H-pyrrole nitrogens is 1. The van der Waals surface area contributed by atoms with E-state index in [0.717, 1.165) is 18.2 Å². The second-order valence-electron chi connectivity index (χ2n) is 4.82. The number of hydrogen-bond donors (Lipinski definition) is 1. The Balaban J connectivity index is 2.16. The Morgan fingerprint density at radius 2 is 1.71 bits per heavy atom. The predicted octanol–water partition coefficient (Wildman–Crippen LogP) is 4.69. The molecule has 3 nitrogen and oxygen atoms in total. The molecule has 10 heteroatoms. The van der Waals surface area contributed by atoms with Crippen molar-refractivity contribution in [3.8, 4) is 11.4 Å². The molecule has 0 fully saturated rings. The van der Waals surface area contributed by atoms with Gasteiger partial charge in [0.1, 0.15) is 15.5 Å². The molecule has 24 heavy (non-hydrogen) atoms. The van der Waals surface area contributed by atoms with Crippen LogP contribution in [0.5, 0.6) is 0 Å². The van der Waals surface area contributed by atoms with Gasteiger partial charge in [-0.1, -0.05) is 12.1 Å². The number of thiophene rings is 1. The minimum absolute atomic E-state index is 0.0502. The Morgan fingerprint density at radius 3 is 2.33 bits per heavy atom. The van der Waals surface area contributed by atoms with E-state index in [2.05, 4.69) is 9.97 Å². The van der Waals surface area contributed by atoms with Gasteiger partial charge in [-0.3, -0.25) is 4.79 Å². The summed E-state index contributed by atoms with van der Waals surface area (Å²) in [5, 5.41) is -0.261. The molecule has 0 spiro atoms. The summed E-state index contributed by atoms with van der Waals surface area (Å²) in [6, 6.07) is 4.67. The number of halogens is 6. The molecule has 0 atom stereocenters. The third kappa shape index (κ3) is 3.01. The molecule has 0 bridgehead atoms. The van der Waals surface area contributed by atoms with Crippen LogP contribution in [-0.2, 0) is 12.4 Å². The number of nitrogens with zero attached hydrogens (tertiary/aromatic N) is 1. The summed E-state index contributed by atoms with van der Waals surface area (Å²) in [5.41, 5.74) is -1.85. The van der Waals surface area contributed by atoms with Crippen molar-refractivity contribution in [2.45, 2.75) is 12.4 Å². The molecular formula is C14H6F6N2OS. The topological polar surface area (TPSA) is 45.8 Å². The van der Waals surface area contributed by atoms with Crippen molar-refractivity contribution in [3.63, 3.8) is 0 Å². The fourth-order valence-electron chi connectivity index (χ4n) is 2.05. The Kier molecular flexibility index (Phi) is 3.67. The molecular weight excluding hydrogens is 358 g/mol. The Labute approximate surface area is 133 Å². The molecule has 0 amide bonds. The standard InChI is InChI=1S/C14H6F6N2OS/c15-13(16,17)7-3-1-2-6(4-7)10-21-11(23)8-5-9(14(18,19)20)24-12(8)22-10/h1-5H,(H,21,22,23). The van der Waals surface area contributed by atoms with Crippen LogP contribution in [0, 0.1) is 0 Å². The number of alkyl halides is 6. The van der Waals surface area contributed by atoms with E-state index in [1.54, 1.807) is 0 Å². The van der Waals surface area contributed by atoms with E-state index < -0.39 is 28.4 Å². The second kappa shape index (κ2) is 5.33. The van der Waals surface area contributed by atoms with E-state index in [4.69, 9.17) is 0 Å². The second-order valence-corrected chi connectivity index (χ2v) is 5.85. The minimum atomic E-state index is -4.63. The van der Waals surface area contributed by atoms with Gasteiger partial charge in [0.15, 0.2) is 0 Å². The van der Waals surface area contributed by atoms with Crippen LogP contribution in [0.4, 0.5) is 26.3 Å². The van der Waals surface area contributed by atoms with Crippen molar-refractivity contribution in [2.24, 2.45) is 0 Å². The van der Waals surface area contributed by atoms with E-state index >= 15 is 0 Å². The maximum Gasteiger partial charge on any atom is 0.425 e. The summed E-state index contributed by atoms with van der Waals surface area (Å²) in [7, 11) is 0. The number of nitrogens with one attached hydrogen (secondary N) is 1. The monoisotopic (exact) mass is 364 g/mol. The van der Waals surface area contributed by atoms with Crippen LogP contribution in [0.25, 0.3) is 21.6 Å². The number of aromatic nitrogens is 2. The molecule has 3 aromatic rings. The molecule has 1 N–H and O–H groups in total. The van der Waals surface area contributed by atoms with Crippen molar-refractivity contribution in [1.82, 2.24) is 9.97 Å². The van der Waals surface area contributed by atoms with Crippen LogP contribution in [0.1, 0.15) is 10.4 Å². The van der Waals surface area contributed by atoms with Gasteiger partial charge in [0.25, 0.3) is 5.56 Å². The van der Waals surface area contributed by atoms with Gasteiger partial charge in [-0.2, -0.15) is 26.3 Å². The lowest BCUT2D eigenvalue weighted by Crippen LogP contribution is -2.09. The summed E-state index contributed by atoms with van der Waals surface area (Å²) in [6.07, 6.45) is -9.22. The highest BCUT2D eigenvalue weighted by molar-refractivity contribution is 7.18. The summed E-state index contributed by atoms with van der Waals surface area (Å²) < 4.78 is 76.3. The molecule has 0 aliphatic rings. The van der Waals surface area contributed by atoms with Gasteiger partial charge in [0.05, 0.1) is 10.9 Å². The molecule has 0 saturated heterocycles. The number of hydrogen-bond acceptors (Lipinski definition) is 3. The van der Waals surface area contributed by atoms with E-state index in [-0.39, 0.29) is 32.9 Å². The van der Waals surface area contributed by atoms with E-state index in [0.29, 0.717) is 6.07 Å². The third-order valence-corrected chi connectivity index (χ3v) is 4.22. The Bertz CT molecular complexity index is 970. The molecule has 2 heterocycles. The Morgan fingerprint density at radius 1 is 1.00 bits per heavy atom. The molecule has 0 radical (unpaired) electrons. The summed E-state index contributed by atoms with van der Waals surface area (Å²) in [6.45, 7) is 0. The molecule has 0 saturated carbocycles. The first kappa shape index (κ1) is 16.5. The fourth-order valence-corrected chi connectivity index (χ4v) is 2.95. The van der Waals surface area contributed by atoms with E-state index in [1.807, 2.05) is 0 Å². The van der Waals surface area contributed by atoms with E-state index in [9.17, 15) is 31.1 Å². The highest BCUT2D eigenvalue weighted by Crippen LogP contribution is 2.37. The number of fused-ring (bicyclic) bond motifs is 1. The SMILES string of the molecule is O=c1[nH]c(-c2cccc(C(F)(F)F)c2)nc2sc(C(F)(F)F)cc12. The van der Waals surface area contributed by atoms with Gasteiger partial charge >= 0.3 is 12.4 Å². The van der Waals surface area contributed by atoms with Gasteiger partial charge in [-0.25, -0.2) is 4.98 Å². The highest BCUT2D eigenvalue weighted by atomic mass is 32.1. The Hall–Kier alpha value is -2.36. The molecule has 3 rings (SSSR count). The van der Waals surface area contributed by atoms with Gasteiger partial charge in [0, 0.05) is 5.56 Å². The smallest absolute Gasteiger partial charge is 0.306 e. The third-order valence-electron chi connectivity index (χ3n) is 3.15. The van der Waals surface area contributed by atoms with Gasteiger partial charge in [-0.05, 0) is 18.2 Å². The summed E-state index contributed by atoms with van der Waals surface area (Å²) >= 11 is 0.259. The van der Waals surface area contributed by atoms with Gasteiger partial charge < -0.3 is 4.98 Å². The maximum atomic E-state index is 12.7. The number of benzene rings is 1. The van der Waals surface area contributed by atoms with Crippen LogP contribution in [0.15, 0.2) is 35.1 Å². The lowest BCUT2D eigenvalue weighted by Gasteiger charge is -2.08. The van der Waals surface area contributed by atoms with Crippen LogP contribution < -0.4 is 5.56 Å². The number of rotatable bonds is 1. The minimum Gasteiger partial charge on any atom is -0.306 e. The highest BCUT2D eigenvalue weighted by Gasteiger charge is 2.34. The van der Waals surface area contributed by atoms with Crippen molar-refractivity contribution in [1.29, 1.82) is 0 Å². The van der Waals surface area contributed by atoms with Gasteiger partial charge in [0.2, 0.25) is 0 Å². The zero-order valence-corrected chi connectivity index (χ0v) is 12.2. The summed E-state index contributed by atoms with van der Waals surface area (Å²) in [5.74, 6) is -0.228. The quantitative estimate of drug-likeness (QED) is 0.637. The first-order valence-electron chi connectivity index (χ1n) is 6.34. The average Bonchev–Trinajstić information content (AvgIpc) is 2.91. The fraction of sp³-hybridized carbons (Fsp3) is 0.143. The molecule has 1 aromatic carbocycles. The lowest BCUT2D eigenvalue weighted by molar-refractivity contribution is -0.137. The van der Waals surface area contributed by atoms with Crippen LogP contribution in [0.3, 0.4) is 0 Å². The van der Waals surface area contributed by atoms with Crippen LogP contribution >= 0.6 is 11.3 Å². The molecule has 0 aliphatic carbocycles. The van der Waals surface area contributed by atoms with Crippen molar-refractivity contribution >= 4 is 21.6 Å². The van der Waals surface area contributed by atoms with Crippen LogP contribution in [-0.4, -0.2) is 9.97 Å². The lowest BCUT2D eigenvalue weighted by atomic mass is 10.1. The average molecular weight is 364 g/mol. The van der Waals surface area contributed by atoms with Crippen molar-refractivity contribution < 1.29 is 26.3 Å².